The van der Waals surface area contributed by atoms with E-state index in [1.807, 2.05) is 39.0 Å². The van der Waals surface area contributed by atoms with E-state index in [1.165, 1.54) is 7.11 Å². The lowest BCUT2D eigenvalue weighted by atomic mass is 9.97. The van der Waals surface area contributed by atoms with Gasteiger partial charge in [0.2, 0.25) is 11.5 Å². The van der Waals surface area contributed by atoms with E-state index >= 15 is 0 Å². The molecule has 0 spiro atoms. The first-order valence-electron chi connectivity index (χ1n) is 6.23. The molecule has 4 heteroatoms. The minimum Gasteiger partial charge on any atom is -0.456 e. The fourth-order valence-electron chi connectivity index (χ4n) is 1.31. The first-order chi connectivity index (χ1) is 9.33. The fourth-order valence-corrected chi connectivity index (χ4v) is 1.57. The van der Waals surface area contributed by atoms with Crippen molar-refractivity contribution in [3.05, 3.63) is 51.9 Å². The highest BCUT2D eigenvalue weighted by Crippen LogP contribution is 2.17. The molecule has 0 atom stereocenters. The van der Waals surface area contributed by atoms with Crippen LogP contribution >= 0.6 is 15.9 Å². The summed E-state index contributed by atoms with van der Waals surface area (Å²) in [6, 6.07) is 7.10. The number of benzene rings is 1. The standard InChI is InChI=1S/C16H19BrO3/c1-16(2,3)10-9-14(20-11-19-4)15(18)12-5-7-13(17)8-6-12/h5-8,10H,11H2,1-4H3. The number of rotatable bonds is 5. The van der Waals surface area contributed by atoms with E-state index in [9.17, 15) is 4.79 Å². The van der Waals surface area contributed by atoms with Crippen LogP contribution in [0.1, 0.15) is 31.1 Å². The van der Waals surface area contributed by atoms with Crippen LogP contribution in [0.2, 0.25) is 0 Å². The number of carbonyl (C=O) groups excluding carboxylic acids is 1. The molecule has 0 aliphatic rings. The van der Waals surface area contributed by atoms with Crippen LogP contribution in [0.3, 0.4) is 0 Å². The van der Waals surface area contributed by atoms with Crippen LogP contribution < -0.4 is 0 Å². The van der Waals surface area contributed by atoms with Crippen molar-refractivity contribution >= 4 is 21.7 Å². The second kappa shape index (κ2) is 7.44. The van der Waals surface area contributed by atoms with Crippen molar-refractivity contribution in [2.75, 3.05) is 13.9 Å². The summed E-state index contributed by atoms with van der Waals surface area (Å²) in [5.41, 5.74) is 3.40. The van der Waals surface area contributed by atoms with Gasteiger partial charge in [-0.3, -0.25) is 4.79 Å². The van der Waals surface area contributed by atoms with Gasteiger partial charge in [-0.05, 0) is 35.8 Å². The third-order valence-electron chi connectivity index (χ3n) is 2.27. The normalized spacial score (nSPS) is 10.7. The summed E-state index contributed by atoms with van der Waals surface area (Å²) in [6.07, 6.45) is 1.81. The van der Waals surface area contributed by atoms with Crippen LogP contribution in [-0.4, -0.2) is 19.7 Å². The minimum atomic E-state index is -0.213. The molecule has 0 amide bonds. The van der Waals surface area contributed by atoms with Crippen molar-refractivity contribution in [3.63, 3.8) is 0 Å². The van der Waals surface area contributed by atoms with Crippen LogP contribution in [0.4, 0.5) is 0 Å². The van der Waals surface area contributed by atoms with Gasteiger partial charge in [-0.15, -0.1) is 0 Å². The molecule has 0 unspecified atom stereocenters. The third-order valence-corrected chi connectivity index (χ3v) is 2.80. The molecular formula is C16H19BrO3. The van der Waals surface area contributed by atoms with Gasteiger partial charge in [-0.2, -0.15) is 0 Å². The average molecular weight is 339 g/mol. The van der Waals surface area contributed by atoms with E-state index in [0.29, 0.717) is 5.56 Å². The van der Waals surface area contributed by atoms with Gasteiger partial charge in [0.05, 0.1) is 0 Å². The van der Waals surface area contributed by atoms with Gasteiger partial charge in [0.25, 0.3) is 0 Å². The molecule has 0 saturated carbocycles. The van der Waals surface area contributed by atoms with E-state index in [4.69, 9.17) is 9.47 Å². The molecule has 20 heavy (non-hydrogen) atoms. The molecule has 1 aromatic carbocycles. The van der Waals surface area contributed by atoms with Crippen molar-refractivity contribution in [1.82, 2.24) is 0 Å². The second-order valence-corrected chi connectivity index (χ2v) is 6.29. The predicted octanol–water partition coefficient (Wildman–Crippen LogP) is 4.34. The highest BCUT2D eigenvalue weighted by molar-refractivity contribution is 9.10. The Balaban J connectivity index is 3.07. The number of allylic oxidation sites excluding steroid dienone is 1. The van der Waals surface area contributed by atoms with Gasteiger partial charge in [0.1, 0.15) is 0 Å². The molecule has 0 aromatic heterocycles. The van der Waals surface area contributed by atoms with E-state index in [0.717, 1.165) is 4.47 Å². The Morgan fingerprint density at radius 2 is 1.90 bits per heavy atom. The number of halogens is 1. The highest BCUT2D eigenvalue weighted by atomic mass is 79.9. The van der Waals surface area contributed by atoms with Crippen molar-refractivity contribution < 1.29 is 14.3 Å². The summed E-state index contributed by atoms with van der Waals surface area (Å²) in [6.45, 7) is 6.09. The molecule has 0 bridgehead atoms. The number of ketones is 1. The summed E-state index contributed by atoms with van der Waals surface area (Å²) < 4.78 is 11.1. The summed E-state index contributed by atoms with van der Waals surface area (Å²) in [5.74, 6) is -0.0563. The van der Waals surface area contributed by atoms with Crippen molar-refractivity contribution in [3.8, 4) is 0 Å². The molecule has 0 saturated heterocycles. The number of hydrogen-bond donors (Lipinski definition) is 0. The molecule has 1 rings (SSSR count). The molecule has 0 N–H and O–H groups in total. The SMILES string of the molecule is COCOC(=C=CC(C)(C)C)C(=O)c1ccc(Br)cc1. The van der Waals surface area contributed by atoms with E-state index < -0.39 is 0 Å². The van der Waals surface area contributed by atoms with Gasteiger partial charge in [-0.1, -0.05) is 42.4 Å². The molecule has 1 aromatic rings. The molecule has 0 fully saturated rings. The molecule has 0 radical (unpaired) electrons. The summed E-state index contributed by atoms with van der Waals surface area (Å²) in [5, 5.41) is 0. The Kier molecular flexibility index (Phi) is 6.21. The lowest BCUT2D eigenvalue weighted by Gasteiger charge is -2.10. The van der Waals surface area contributed by atoms with Gasteiger partial charge in [-0.25, -0.2) is 0 Å². The molecule has 0 aliphatic heterocycles. The smallest absolute Gasteiger partial charge is 0.235 e. The molecular weight excluding hydrogens is 320 g/mol. The highest BCUT2D eigenvalue weighted by Gasteiger charge is 2.14. The van der Waals surface area contributed by atoms with Crippen molar-refractivity contribution in [1.29, 1.82) is 0 Å². The maximum Gasteiger partial charge on any atom is 0.235 e. The van der Waals surface area contributed by atoms with Crippen molar-refractivity contribution in [2.24, 2.45) is 5.41 Å². The monoisotopic (exact) mass is 338 g/mol. The molecule has 108 valence electrons. The minimum absolute atomic E-state index is 0.0165. The van der Waals surface area contributed by atoms with Crippen LogP contribution in [0, 0.1) is 5.41 Å². The number of carbonyl (C=O) groups is 1. The van der Waals surface area contributed by atoms with E-state index in [-0.39, 0.29) is 23.8 Å². The zero-order chi connectivity index (χ0) is 15.2. The van der Waals surface area contributed by atoms with Crippen LogP contribution in [0.15, 0.2) is 46.3 Å². The fraction of sp³-hybridized carbons (Fsp3) is 0.375. The zero-order valence-electron chi connectivity index (χ0n) is 12.2. The first-order valence-corrected chi connectivity index (χ1v) is 7.02. The van der Waals surface area contributed by atoms with Crippen molar-refractivity contribution in [2.45, 2.75) is 20.8 Å². The maximum absolute atomic E-state index is 12.4. The predicted molar refractivity (Wildman–Crippen MR) is 82.5 cm³/mol. The van der Waals surface area contributed by atoms with Gasteiger partial charge in [0, 0.05) is 17.1 Å². The van der Waals surface area contributed by atoms with Gasteiger partial charge >= 0.3 is 0 Å². The van der Waals surface area contributed by atoms with E-state index in [2.05, 4.69) is 21.7 Å². The zero-order valence-corrected chi connectivity index (χ0v) is 13.8. The lowest BCUT2D eigenvalue weighted by molar-refractivity contribution is 0.00536. The second-order valence-electron chi connectivity index (χ2n) is 5.37. The molecule has 0 aliphatic carbocycles. The van der Waals surface area contributed by atoms with Gasteiger partial charge < -0.3 is 9.47 Å². The van der Waals surface area contributed by atoms with Gasteiger partial charge in [0.15, 0.2) is 6.79 Å². The molecule has 3 nitrogen and oxygen atoms in total. The Morgan fingerprint density at radius 1 is 1.30 bits per heavy atom. The Bertz CT molecular complexity index is 518. The number of ether oxygens (including phenoxy) is 2. The Morgan fingerprint density at radius 3 is 2.40 bits per heavy atom. The average Bonchev–Trinajstić information content (AvgIpc) is 2.38. The maximum atomic E-state index is 12.4. The third kappa shape index (κ3) is 5.74. The topological polar surface area (TPSA) is 35.5 Å². The summed E-state index contributed by atoms with van der Waals surface area (Å²) in [4.78, 5) is 12.4. The number of methoxy groups -OCH3 is 1. The summed E-state index contributed by atoms with van der Waals surface area (Å²) >= 11 is 3.34. The Labute approximate surface area is 128 Å². The first kappa shape index (κ1) is 16.7. The van der Waals surface area contributed by atoms with Crippen LogP contribution in [0.25, 0.3) is 0 Å². The largest absolute Gasteiger partial charge is 0.456 e. The number of Topliss-reactive ketones (excluding diaryl/α,β-unsaturated/α-hetero) is 1. The Hall–Kier alpha value is -1.35. The lowest BCUT2D eigenvalue weighted by Crippen LogP contribution is -2.08. The van der Waals surface area contributed by atoms with E-state index in [1.54, 1.807) is 12.1 Å². The number of hydrogen-bond acceptors (Lipinski definition) is 3. The summed E-state index contributed by atoms with van der Waals surface area (Å²) in [7, 11) is 1.51. The van der Waals surface area contributed by atoms with Crippen LogP contribution in [-0.2, 0) is 9.47 Å². The van der Waals surface area contributed by atoms with Crippen LogP contribution in [0.5, 0.6) is 0 Å². The molecule has 0 heterocycles. The quantitative estimate of drug-likeness (QED) is 0.263.